The van der Waals surface area contributed by atoms with Crippen LogP contribution in [0.1, 0.15) is 52.0 Å². The summed E-state index contributed by atoms with van der Waals surface area (Å²) >= 11 is 1.19. The van der Waals surface area contributed by atoms with Crippen LogP contribution in [-0.4, -0.2) is 74.5 Å². The van der Waals surface area contributed by atoms with E-state index in [1.165, 1.54) is 11.3 Å². The molecule has 0 aliphatic carbocycles. The third-order valence-corrected chi connectivity index (χ3v) is 7.78. The zero-order chi connectivity index (χ0) is 26.8. The lowest BCUT2D eigenvalue weighted by Crippen LogP contribution is -2.58. The number of nitrogens with zero attached hydrogens (tertiary/aromatic N) is 3. The Morgan fingerprint density at radius 3 is 2.50 bits per heavy atom. The fraction of sp³-hybridized carbons (Fsp3) is 0.560. The molecule has 1 aromatic heterocycles. The molecule has 1 saturated heterocycles. The van der Waals surface area contributed by atoms with Gasteiger partial charge in [0.2, 0.25) is 0 Å². The summed E-state index contributed by atoms with van der Waals surface area (Å²) in [5, 5.41) is 2.00. The highest BCUT2D eigenvalue weighted by atomic mass is 32.2. The number of benzene rings is 1. The number of aromatic nitrogens is 1. The van der Waals surface area contributed by atoms with Crippen molar-refractivity contribution in [3.05, 3.63) is 29.3 Å². The van der Waals surface area contributed by atoms with Gasteiger partial charge in [-0.15, -0.1) is 11.3 Å². The smallest absolute Gasteiger partial charge is 0.410 e. The summed E-state index contributed by atoms with van der Waals surface area (Å²) < 4.78 is 36.1. The van der Waals surface area contributed by atoms with Gasteiger partial charge in [0.25, 0.3) is 0 Å². The van der Waals surface area contributed by atoms with Gasteiger partial charge >= 0.3 is 12.1 Å². The number of hydrogen-bond donors (Lipinski definition) is 0. The Labute approximate surface area is 217 Å². The maximum Gasteiger partial charge on any atom is 0.410 e. The van der Waals surface area contributed by atoms with Crippen molar-refractivity contribution in [2.75, 3.05) is 37.4 Å². The van der Waals surface area contributed by atoms with Gasteiger partial charge in [-0.05, 0) is 51.8 Å². The Balaban J connectivity index is 1.91. The first-order valence-corrected chi connectivity index (χ1v) is 14.7. The van der Waals surface area contributed by atoms with Crippen molar-refractivity contribution in [1.29, 1.82) is 0 Å². The minimum absolute atomic E-state index is 0.0962. The Kier molecular flexibility index (Phi) is 8.34. The summed E-state index contributed by atoms with van der Waals surface area (Å²) in [4.78, 5) is 33.2. The van der Waals surface area contributed by atoms with E-state index in [1.54, 1.807) is 29.3 Å². The third-order valence-electron chi connectivity index (χ3n) is 5.77. The molecule has 3 rings (SSSR count). The fourth-order valence-corrected chi connectivity index (χ4v) is 5.84. The SMILES string of the molecule is CCOC(=O)c1csc(-c2ccc(N3CCN(C(=O)OC(C)(C)C)[C@H](C(C)C)C3)cc2S(C)(=O)=O)n1. The van der Waals surface area contributed by atoms with Gasteiger partial charge in [-0.25, -0.2) is 23.0 Å². The number of piperazine rings is 1. The first-order chi connectivity index (χ1) is 16.7. The molecule has 11 heteroatoms. The van der Waals surface area contributed by atoms with Crippen LogP contribution in [0.4, 0.5) is 10.5 Å². The first kappa shape index (κ1) is 27.9. The Bertz CT molecular complexity index is 1220. The molecule has 0 spiro atoms. The molecule has 2 heterocycles. The fourth-order valence-electron chi connectivity index (χ4n) is 4.05. The summed E-state index contributed by atoms with van der Waals surface area (Å²) in [5.41, 5.74) is 0.753. The quantitative estimate of drug-likeness (QED) is 0.497. The largest absolute Gasteiger partial charge is 0.461 e. The van der Waals surface area contributed by atoms with E-state index in [0.717, 1.165) is 11.9 Å². The predicted octanol–water partition coefficient (Wildman–Crippen LogP) is 4.47. The van der Waals surface area contributed by atoms with Crippen LogP contribution in [0, 0.1) is 5.92 Å². The molecule has 2 aromatic rings. The van der Waals surface area contributed by atoms with E-state index < -0.39 is 21.4 Å². The van der Waals surface area contributed by atoms with Gasteiger partial charge in [0.1, 0.15) is 10.6 Å². The van der Waals surface area contributed by atoms with Crippen molar-refractivity contribution < 1.29 is 27.5 Å². The van der Waals surface area contributed by atoms with Crippen LogP contribution < -0.4 is 4.90 Å². The van der Waals surface area contributed by atoms with Crippen molar-refractivity contribution in [3.63, 3.8) is 0 Å². The van der Waals surface area contributed by atoms with Gasteiger partial charge in [-0.2, -0.15) is 0 Å². The summed E-state index contributed by atoms with van der Waals surface area (Å²) in [7, 11) is -3.60. The molecule has 1 aromatic carbocycles. The van der Waals surface area contributed by atoms with Gasteiger partial charge in [0.05, 0.1) is 17.5 Å². The molecule has 0 saturated carbocycles. The molecule has 36 heavy (non-hydrogen) atoms. The number of hydrogen-bond acceptors (Lipinski definition) is 9. The highest BCUT2D eigenvalue weighted by Gasteiger charge is 2.35. The van der Waals surface area contributed by atoms with Gasteiger partial charge in [-0.1, -0.05) is 13.8 Å². The van der Waals surface area contributed by atoms with Crippen LogP contribution >= 0.6 is 11.3 Å². The number of esters is 1. The average molecular weight is 538 g/mol. The standard InChI is InChI=1S/C25H35N3O6S2/c1-8-33-23(29)19-15-35-22(26-19)18-10-9-17(13-21(18)36(7,31)32)27-11-12-28(20(14-27)16(2)3)24(30)34-25(4,5)6/h9-10,13,15-16,20H,8,11-12,14H2,1-7H3/t20-/m0/s1. The van der Waals surface area contributed by atoms with E-state index in [-0.39, 0.29) is 35.2 Å². The number of ether oxygens (including phenoxy) is 2. The second-order valence-corrected chi connectivity index (χ2v) is 13.0. The molecule has 1 aliphatic heterocycles. The monoisotopic (exact) mass is 537 g/mol. The zero-order valence-electron chi connectivity index (χ0n) is 21.9. The van der Waals surface area contributed by atoms with Crippen LogP contribution in [0.3, 0.4) is 0 Å². The van der Waals surface area contributed by atoms with Crippen LogP contribution in [0.2, 0.25) is 0 Å². The van der Waals surface area contributed by atoms with Crippen LogP contribution in [0.25, 0.3) is 10.6 Å². The highest BCUT2D eigenvalue weighted by molar-refractivity contribution is 7.90. The van der Waals surface area contributed by atoms with Crippen molar-refractivity contribution in [2.45, 2.75) is 58.1 Å². The normalized spacial score (nSPS) is 16.8. The predicted molar refractivity (Wildman–Crippen MR) is 140 cm³/mol. The maximum absolute atomic E-state index is 12.8. The minimum atomic E-state index is -3.60. The lowest BCUT2D eigenvalue weighted by Gasteiger charge is -2.44. The molecule has 1 atom stereocenters. The van der Waals surface area contributed by atoms with Gasteiger partial charge in [-0.3, -0.25) is 0 Å². The second kappa shape index (κ2) is 10.8. The molecule has 0 radical (unpaired) electrons. The van der Waals surface area contributed by atoms with Gasteiger partial charge < -0.3 is 19.3 Å². The molecular weight excluding hydrogens is 502 g/mol. The van der Waals surface area contributed by atoms with E-state index in [4.69, 9.17) is 9.47 Å². The van der Waals surface area contributed by atoms with Crippen molar-refractivity contribution in [2.24, 2.45) is 5.92 Å². The Morgan fingerprint density at radius 1 is 1.22 bits per heavy atom. The second-order valence-electron chi connectivity index (χ2n) is 10.1. The lowest BCUT2D eigenvalue weighted by atomic mass is 9.99. The highest BCUT2D eigenvalue weighted by Crippen LogP contribution is 2.34. The molecule has 1 amide bonds. The Hall–Kier alpha value is -2.66. The number of carbonyl (C=O) groups excluding carboxylic acids is 2. The third kappa shape index (κ3) is 6.56. The summed E-state index contributed by atoms with van der Waals surface area (Å²) in [6.07, 6.45) is 0.821. The molecule has 9 nitrogen and oxygen atoms in total. The maximum atomic E-state index is 12.8. The molecule has 1 fully saturated rings. The topological polar surface area (TPSA) is 106 Å². The zero-order valence-corrected chi connectivity index (χ0v) is 23.5. The molecule has 0 bridgehead atoms. The number of carbonyl (C=O) groups is 2. The lowest BCUT2D eigenvalue weighted by molar-refractivity contribution is 0.00881. The van der Waals surface area contributed by atoms with E-state index in [0.29, 0.717) is 30.2 Å². The number of rotatable bonds is 6. The van der Waals surface area contributed by atoms with Crippen LogP contribution in [0.5, 0.6) is 0 Å². The summed E-state index contributed by atoms with van der Waals surface area (Å²) in [6.45, 7) is 13.1. The average Bonchev–Trinajstić information content (AvgIpc) is 3.27. The van der Waals surface area contributed by atoms with E-state index in [1.807, 2.05) is 26.8 Å². The van der Waals surface area contributed by atoms with E-state index in [9.17, 15) is 18.0 Å². The molecule has 198 valence electrons. The molecule has 1 aliphatic rings. The van der Waals surface area contributed by atoms with Crippen molar-refractivity contribution in [1.82, 2.24) is 9.88 Å². The van der Waals surface area contributed by atoms with Crippen molar-refractivity contribution in [3.8, 4) is 10.6 Å². The van der Waals surface area contributed by atoms with Gasteiger partial charge in [0, 0.05) is 42.5 Å². The summed E-state index contributed by atoms with van der Waals surface area (Å²) in [6, 6.07) is 5.14. The number of thiazole rings is 1. The van der Waals surface area contributed by atoms with Crippen molar-refractivity contribution >= 4 is 38.9 Å². The van der Waals surface area contributed by atoms with Crippen LogP contribution in [-0.2, 0) is 19.3 Å². The molecule has 0 N–H and O–H groups in total. The van der Waals surface area contributed by atoms with Gasteiger partial charge in [0.15, 0.2) is 15.5 Å². The molecular formula is C25H35N3O6S2. The first-order valence-electron chi connectivity index (χ1n) is 11.9. The summed E-state index contributed by atoms with van der Waals surface area (Å²) in [5.74, 6) is -0.370. The van der Waals surface area contributed by atoms with E-state index >= 15 is 0 Å². The minimum Gasteiger partial charge on any atom is -0.461 e. The number of anilines is 1. The number of sulfone groups is 1. The van der Waals surface area contributed by atoms with Crippen LogP contribution in [0.15, 0.2) is 28.5 Å². The Morgan fingerprint density at radius 2 is 1.92 bits per heavy atom. The number of amides is 1. The molecule has 0 unspecified atom stereocenters. The van der Waals surface area contributed by atoms with E-state index in [2.05, 4.69) is 23.7 Å².